The lowest BCUT2D eigenvalue weighted by Crippen LogP contribution is -2.23. The number of carbonyl (C=O) groups is 2. The van der Waals surface area contributed by atoms with Crippen molar-refractivity contribution in [2.24, 2.45) is 13.0 Å². The molecule has 186 valence electrons. The fourth-order valence-electron chi connectivity index (χ4n) is 3.25. The fourth-order valence-corrected chi connectivity index (χ4v) is 3.25. The number of halogens is 4. The number of nitrogens with zero attached hydrogens (tertiary/aromatic N) is 2. The van der Waals surface area contributed by atoms with Gasteiger partial charge in [-0.25, -0.2) is 9.37 Å². The predicted octanol–water partition coefficient (Wildman–Crippen LogP) is 4.63. The van der Waals surface area contributed by atoms with Crippen molar-refractivity contribution in [3.8, 4) is 11.5 Å². The predicted molar refractivity (Wildman–Crippen MR) is 117 cm³/mol. The minimum Gasteiger partial charge on any atom is -0.506 e. The first-order valence-electron chi connectivity index (χ1n) is 10.5. The number of rotatable bonds is 8. The summed E-state index contributed by atoms with van der Waals surface area (Å²) in [6.45, 7) is 2.43. The molecule has 3 aromatic rings. The van der Waals surface area contributed by atoms with Gasteiger partial charge in [-0.2, -0.15) is 13.2 Å². The van der Waals surface area contributed by atoms with Crippen molar-refractivity contribution < 1.29 is 37.0 Å². The Morgan fingerprint density at radius 3 is 2.49 bits per heavy atom. The highest BCUT2D eigenvalue weighted by Gasteiger charge is 2.40. The standard InChI is InChI=1S/C24H23F4N3O4/c1-13(2)21(32)16-6-7-19(20(22(16)33)24(26,27)28)35-11-15-5-4-14(8-17(15)25)9-29-23(34)18-10-31(3)12-30-18/h4-8,10,12-13,33H,9,11H2,1-3H3,(H,29,34). The Kier molecular flexibility index (Phi) is 7.47. The van der Waals surface area contributed by atoms with Crippen LogP contribution < -0.4 is 10.1 Å². The number of aromatic nitrogens is 2. The van der Waals surface area contributed by atoms with E-state index in [1.807, 2.05) is 0 Å². The Labute approximate surface area is 198 Å². The van der Waals surface area contributed by atoms with Crippen molar-refractivity contribution in [2.45, 2.75) is 33.2 Å². The summed E-state index contributed by atoms with van der Waals surface area (Å²) >= 11 is 0. The molecule has 0 saturated carbocycles. The molecule has 0 atom stereocenters. The number of ketones is 1. The zero-order valence-electron chi connectivity index (χ0n) is 19.1. The average Bonchev–Trinajstić information content (AvgIpc) is 3.21. The Morgan fingerprint density at radius 1 is 1.20 bits per heavy atom. The molecule has 0 bridgehead atoms. The molecule has 2 aromatic carbocycles. The van der Waals surface area contributed by atoms with Gasteiger partial charge in [-0.05, 0) is 23.8 Å². The Bertz CT molecular complexity index is 1250. The molecular formula is C24H23F4N3O4. The summed E-state index contributed by atoms with van der Waals surface area (Å²) in [5, 5.41) is 12.8. The highest BCUT2D eigenvalue weighted by molar-refractivity contribution is 6.00. The average molecular weight is 493 g/mol. The smallest absolute Gasteiger partial charge is 0.423 e. The van der Waals surface area contributed by atoms with E-state index >= 15 is 0 Å². The second kappa shape index (κ2) is 10.2. The first-order chi connectivity index (χ1) is 16.4. The third-order valence-corrected chi connectivity index (χ3v) is 5.10. The number of hydrogen-bond donors (Lipinski definition) is 2. The normalized spacial score (nSPS) is 11.5. The lowest BCUT2D eigenvalue weighted by atomic mass is 9.97. The third kappa shape index (κ3) is 5.97. The van der Waals surface area contributed by atoms with Crippen LogP contribution in [0.25, 0.3) is 0 Å². The Hall–Kier alpha value is -3.89. The van der Waals surface area contributed by atoms with Crippen LogP contribution in [-0.2, 0) is 26.4 Å². The van der Waals surface area contributed by atoms with E-state index in [1.54, 1.807) is 11.6 Å². The summed E-state index contributed by atoms with van der Waals surface area (Å²) in [5.41, 5.74) is -1.40. The summed E-state index contributed by atoms with van der Waals surface area (Å²) in [5.74, 6) is -4.45. The number of imidazole rings is 1. The molecule has 35 heavy (non-hydrogen) atoms. The van der Waals surface area contributed by atoms with E-state index in [4.69, 9.17) is 4.74 Å². The van der Waals surface area contributed by atoms with Gasteiger partial charge in [0.05, 0.1) is 11.9 Å². The fraction of sp³-hybridized carbons (Fsp3) is 0.292. The van der Waals surface area contributed by atoms with Gasteiger partial charge in [0.15, 0.2) is 5.78 Å². The quantitative estimate of drug-likeness (QED) is 0.353. The molecule has 7 nitrogen and oxygen atoms in total. The Morgan fingerprint density at radius 2 is 1.91 bits per heavy atom. The van der Waals surface area contributed by atoms with Gasteiger partial charge in [0.2, 0.25) is 0 Å². The number of amides is 1. The molecule has 0 aliphatic carbocycles. The van der Waals surface area contributed by atoms with Gasteiger partial charge in [0, 0.05) is 31.3 Å². The number of aryl methyl sites for hydroxylation is 1. The molecule has 0 unspecified atom stereocenters. The van der Waals surface area contributed by atoms with Crippen LogP contribution >= 0.6 is 0 Å². The topological polar surface area (TPSA) is 93.5 Å². The van der Waals surface area contributed by atoms with Gasteiger partial charge in [-0.1, -0.05) is 26.0 Å². The molecule has 1 amide bonds. The molecule has 0 saturated heterocycles. The molecule has 1 aromatic heterocycles. The van der Waals surface area contributed by atoms with Crippen LogP contribution in [0, 0.1) is 11.7 Å². The number of carbonyl (C=O) groups excluding carboxylic acids is 2. The van der Waals surface area contributed by atoms with Crippen LogP contribution in [0.2, 0.25) is 0 Å². The number of benzene rings is 2. The van der Waals surface area contributed by atoms with Crippen molar-refractivity contribution in [3.63, 3.8) is 0 Å². The van der Waals surface area contributed by atoms with Gasteiger partial charge in [-0.3, -0.25) is 9.59 Å². The van der Waals surface area contributed by atoms with E-state index in [0.29, 0.717) is 5.56 Å². The monoisotopic (exact) mass is 493 g/mol. The lowest BCUT2D eigenvalue weighted by molar-refractivity contribution is -0.140. The van der Waals surface area contributed by atoms with E-state index in [-0.39, 0.29) is 17.8 Å². The molecule has 11 heteroatoms. The largest absolute Gasteiger partial charge is 0.506 e. The maximum atomic E-state index is 14.6. The number of aromatic hydroxyl groups is 1. The van der Waals surface area contributed by atoms with Crippen molar-refractivity contribution in [1.82, 2.24) is 14.9 Å². The van der Waals surface area contributed by atoms with Crippen LogP contribution in [0.15, 0.2) is 42.9 Å². The van der Waals surface area contributed by atoms with Crippen LogP contribution in [-0.4, -0.2) is 26.3 Å². The molecule has 0 spiro atoms. The van der Waals surface area contributed by atoms with Crippen molar-refractivity contribution in [2.75, 3.05) is 0 Å². The molecule has 1 heterocycles. The second-order valence-corrected chi connectivity index (χ2v) is 8.17. The van der Waals surface area contributed by atoms with Gasteiger partial charge < -0.3 is 19.7 Å². The zero-order chi connectivity index (χ0) is 25.9. The van der Waals surface area contributed by atoms with Crippen molar-refractivity contribution in [3.05, 3.63) is 76.6 Å². The highest BCUT2D eigenvalue weighted by Crippen LogP contribution is 2.44. The zero-order valence-corrected chi connectivity index (χ0v) is 19.1. The summed E-state index contributed by atoms with van der Waals surface area (Å²) in [4.78, 5) is 28.1. The number of ether oxygens (including phenoxy) is 1. The summed E-state index contributed by atoms with van der Waals surface area (Å²) in [6.07, 6.45) is -2.03. The van der Waals surface area contributed by atoms with Gasteiger partial charge in [0.1, 0.15) is 35.2 Å². The number of phenolic OH excluding ortho intramolecular Hbond substituents is 1. The first kappa shape index (κ1) is 25.7. The summed E-state index contributed by atoms with van der Waals surface area (Å²) in [7, 11) is 1.71. The van der Waals surface area contributed by atoms with Crippen molar-refractivity contribution in [1.29, 1.82) is 0 Å². The number of Topliss-reactive ketones (excluding diaryl/α,β-unsaturated/α-hetero) is 1. The maximum Gasteiger partial charge on any atom is 0.423 e. The number of alkyl halides is 3. The molecule has 0 radical (unpaired) electrons. The van der Waals surface area contributed by atoms with E-state index in [9.17, 15) is 32.3 Å². The number of nitrogens with one attached hydrogen (secondary N) is 1. The summed E-state index contributed by atoms with van der Waals surface area (Å²) in [6, 6.07) is 5.92. The SMILES string of the molecule is CC(C)C(=O)c1ccc(OCc2ccc(CNC(=O)c3cn(C)cn3)cc2F)c(C(F)(F)F)c1O. The van der Waals surface area contributed by atoms with Crippen LogP contribution in [0.3, 0.4) is 0 Å². The maximum absolute atomic E-state index is 14.6. The third-order valence-electron chi connectivity index (χ3n) is 5.10. The number of hydrogen-bond acceptors (Lipinski definition) is 5. The molecule has 0 aliphatic heterocycles. The molecule has 2 N–H and O–H groups in total. The lowest BCUT2D eigenvalue weighted by Gasteiger charge is -2.18. The van der Waals surface area contributed by atoms with Gasteiger partial charge in [-0.15, -0.1) is 0 Å². The summed E-state index contributed by atoms with van der Waals surface area (Å²) < 4.78 is 62.2. The Balaban J connectivity index is 1.74. The van der Waals surface area contributed by atoms with Crippen LogP contribution in [0.4, 0.5) is 17.6 Å². The highest BCUT2D eigenvalue weighted by atomic mass is 19.4. The van der Waals surface area contributed by atoms with E-state index < -0.39 is 58.8 Å². The minimum atomic E-state index is -5.01. The van der Waals surface area contributed by atoms with Crippen LogP contribution in [0.5, 0.6) is 11.5 Å². The van der Waals surface area contributed by atoms with E-state index in [1.165, 1.54) is 38.5 Å². The van der Waals surface area contributed by atoms with E-state index in [0.717, 1.165) is 18.2 Å². The van der Waals surface area contributed by atoms with Crippen LogP contribution in [0.1, 0.15) is 51.4 Å². The minimum absolute atomic E-state index is 0.00486. The van der Waals surface area contributed by atoms with Crippen molar-refractivity contribution >= 4 is 11.7 Å². The molecular weight excluding hydrogens is 470 g/mol. The van der Waals surface area contributed by atoms with Gasteiger partial charge >= 0.3 is 6.18 Å². The molecule has 0 fully saturated rings. The second-order valence-electron chi connectivity index (χ2n) is 8.17. The molecule has 3 rings (SSSR count). The van der Waals surface area contributed by atoms with E-state index in [2.05, 4.69) is 10.3 Å². The number of phenols is 1. The molecule has 0 aliphatic rings. The first-order valence-corrected chi connectivity index (χ1v) is 10.5. The van der Waals surface area contributed by atoms with Gasteiger partial charge in [0.25, 0.3) is 5.91 Å².